The van der Waals surface area contributed by atoms with Gasteiger partial charge in [-0.1, -0.05) is 65.4 Å². The second kappa shape index (κ2) is 5.50. The topological polar surface area (TPSA) is 30.0 Å². The van der Waals surface area contributed by atoms with Crippen LogP contribution < -0.4 is 0 Å². The van der Waals surface area contributed by atoms with Gasteiger partial charge in [0.05, 0.1) is 0 Å². The minimum atomic E-state index is -2.83. The highest BCUT2D eigenvalue weighted by atomic mass is 35.5. The van der Waals surface area contributed by atoms with Gasteiger partial charge >= 0.3 is 0 Å². The van der Waals surface area contributed by atoms with Crippen molar-refractivity contribution in [3.63, 3.8) is 0 Å². The first-order chi connectivity index (χ1) is 10.1. The van der Waals surface area contributed by atoms with Crippen LogP contribution in [0.4, 0.5) is 8.78 Å². The highest BCUT2D eigenvalue weighted by Gasteiger charge is 2.25. The van der Waals surface area contributed by atoms with Crippen LogP contribution in [0.5, 0.6) is 0 Å². The molecule has 6 heteroatoms. The molecule has 0 amide bonds. The van der Waals surface area contributed by atoms with Gasteiger partial charge in [0.1, 0.15) is 10.6 Å². The summed E-state index contributed by atoms with van der Waals surface area (Å²) in [6.07, 6.45) is -2.83. The molecule has 2 aromatic carbocycles. The molecule has 0 aliphatic heterocycles. The zero-order chi connectivity index (χ0) is 15.0. The van der Waals surface area contributed by atoms with E-state index >= 15 is 0 Å². The molecule has 1 heterocycles. The lowest BCUT2D eigenvalue weighted by Gasteiger charge is -2.05. The van der Waals surface area contributed by atoms with Crippen molar-refractivity contribution in [2.24, 2.45) is 0 Å². The average molecular weight is 324 g/mol. The van der Waals surface area contributed by atoms with Gasteiger partial charge in [0.25, 0.3) is 6.43 Å². The smallest absolute Gasteiger partial charge is 0.282 e. The molecular weight excluding hydrogens is 316 g/mol. The lowest BCUT2D eigenvalue weighted by molar-refractivity contribution is 0.102. The fraction of sp³-hybridized carbons (Fsp3) is 0.0667. The molecule has 0 aliphatic carbocycles. The third-order valence-electron chi connectivity index (χ3n) is 3.07. The van der Waals surface area contributed by atoms with Crippen LogP contribution in [0.3, 0.4) is 0 Å². The summed E-state index contributed by atoms with van der Waals surface area (Å²) in [6.45, 7) is 0. The molecule has 106 valence electrons. The van der Waals surface area contributed by atoms with Crippen LogP contribution in [-0.2, 0) is 0 Å². The normalized spacial score (nSPS) is 11.2. The molecule has 0 unspecified atom stereocenters. The Morgan fingerprint density at radius 1 is 1.14 bits per heavy atom. The third kappa shape index (κ3) is 2.54. The second-order valence-corrected chi connectivity index (χ2v) is 5.92. The number of ketones is 1. The van der Waals surface area contributed by atoms with Gasteiger partial charge in [0.15, 0.2) is 4.47 Å². The molecule has 2 nitrogen and oxygen atoms in total. The van der Waals surface area contributed by atoms with Crippen molar-refractivity contribution in [2.75, 3.05) is 0 Å². The van der Waals surface area contributed by atoms with E-state index in [1.54, 1.807) is 24.3 Å². The summed E-state index contributed by atoms with van der Waals surface area (Å²) in [5, 5.41) is 1.59. The van der Waals surface area contributed by atoms with Crippen LogP contribution in [0.1, 0.15) is 27.4 Å². The second-order valence-electron chi connectivity index (χ2n) is 4.34. The number of rotatable bonds is 3. The minimum absolute atomic E-state index is 0.0612. The van der Waals surface area contributed by atoms with Gasteiger partial charge in [-0.15, -0.1) is 0 Å². The molecule has 0 saturated heterocycles. The fourth-order valence-corrected chi connectivity index (χ4v) is 3.24. The predicted molar refractivity (Wildman–Crippen MR) is 79.5 cm³/mol. The van der Waals surface area contributed by atoms with Crippen molar-refractivity contribution in [3.8, 4) is 0 Å². The number of carbonyl (C=O) groups is 1. The van der Waals surface area contributed by atoms with E-state index in [0.717, 1.165) is 22.1 Å². The number of aromatic nitrogens is 1. The summed E-state index contributed by atoms with van der Waals surface area (Å²) in [4.78, 5) is 16.0. The lowest BCUT2D eigenvalue weighted by Crippen LogP contribution is -2.04. The van der Waals surface area contributed by atoms with Crippen molar-refractivity contribution in [2.45, 2.75) is 6.43 Å². The highest BCUT2D eigenvalue weighted by molar-refractivity contribution is 7.17. The van der Waals surface area contributed by atoms with Gasteiger partial charge < -0.3 is 0 Å². The SMILES string of the molecule is O=C(c1sc(Cl)nc1C(F)F)c1cccc2ccccc12. The summed E-state index contributed by atoms with van der Waals surface area (Å²) < 4.78 is 25.9. The number of fused-ring (bicyclic) bond motifs is 1. The van der Waals surface area contributed by atoms with Crippen molar-refractivity contribution < 1.29 is 13.6 Å². The molecule has 0 spiro atoms. The Hall–Kier alpha value is -1.85. The Kier molecular flexibility index (Phi) is 3.69. The Morgan fingerprint density at radius 3 is 2.62 bits per heavy atom. The van der Waals surface area contributed by atoms with Crippen LogP contribution in [0.25, 0.3) is 10.8 Å². The molecule has 0 N–H and O–H groups in total. The van der Waals surface area contributed by atoms with E-state index in [9.17, 15) is 13.6 Å². The van der Waals surface area contributed by atoms with Gasteiger partial charge in [0, 0.05) is 5.56 Å². The number of carbonyl (C=O) groups excluding carboxylic acids is 1. The number of alkyl halides is 2. The Labute approximate surface area is 128 Å². The molecule has 3 aromatic rings. The number of benzene rings is 2. The lowest BCUT2D eigenvalue weighted by atomic mass is 10.0. The van der Waals surface area contributed by atoms with Crippen LogP contribution in [0.15, 0.2) is 42.5 Å². The maximum absolute atomic E-state index is 13.0. The number of hydrogen-bond acceptors (Lipinski definition) is 3. The standard InChI is InChI=1S/C15H8ClF2NOS/c16-15-19-11(14(17)18)13(21-15)12(20)10-7-3-5-8-4-1-2-6-9(8)10/h1-7,14H. The molecule has 1 aromatic heterocycles. The van der Waals surface area contributed by atoms with E-state index in [1.807, 2.05) is 18.2 Å². The Morgan fingerprint density at radius 2 is 1.86 bits per heavy atom. The van der Waals surface area contributed by atoms with Crippen molar-refractivity contribution in [3.05, 3.63) is 63.1 Å². The molecule has 0 saturated carbocycles. The minimum Gasteiger partial charge on any atom is -0.288 e. The number of halogens is 3. The first kappa shape index (κ1) is 14.1. The molecule has 0 aliphatic rings. The number of nitrogens with zero attached hydrogens (tertiary/aromatic N) is 1. The molecule has 21 heavy (non-hydrogen) atoms. The van der Waals surface area contributed by atoms with Crippen molar-refractivity contribution in [1.82, 2.24) is 4.98 Å². The monoisotopic (exact) mass is 323 g/mol. The highest BCUT2D eigenvalue weighted by Crippen LogP contribution is 2.33. The van der Waals surface area contributed by atoms with E-state index in [0.29, 0.717) is 5.56 Å². The average Bonchev–Trinajstić information content (AvgIpc) is 2.88. The maximum atomic E-state index is 13.0. The van der Waals surface area contributed by atoms with Crippen LogP contribution in [0, 0.1) is 0 Å². The largest absolute Gasteiger partial charge is 0.288 e. The molecule has 0 radical (unpaired) electrons. The summed E-state index contributed by atoms with van der Waals surface area (Å²) in [5.74, 6) is -0.480. The number of thiazole rings is 1. The maximum Gasteiger partial charge on any atom is 0.282 e. The molecular formula is C15H8ClF2NOS. The first-order valence-corrected chi connectivity index (χ1v) is 7.24. The first-order valence-electron chi connectivity index (χ1n) is 6.05. The van der Waals surface area contributed by atoms with Gasteiger partial charge in [-0.3, -0.25) is 4.79 Å². The summed E-state index contributed by atoms with van der Waals surface area (Å²) in [7, 11) is 0. The van der Waals surface area contributed by atoms with Crippen molar-refractivity contribution >= 4 is 39.5 Å². The fourth-order valence-electron chi connectivity index (χ4n) is 2.16. The summed E-state index contributed by atoms with van der Waals surface area (Å²) in [5.41, 5.74) is -0.182. The van der Waals surface area contributed by atoms with Gasteiger partial charge in [0.2, 0.25) is 5.78 Å². The van der Waals surface area contributed by atoms with Crippen LogP contribution >= 0.6 is 22.9 Å². The van der Waals surface area contributed by atoms with E-state index in [2.05, 4.69) is 4.98 Å². The molecule has 0 fully saturated rings. The van der Waals surface area contributed by atoms with E-state index in [4.69, 9.17) is 11.6 Å². The quantitative estimate of drug-likeness (QED) is 0.626. The van der Waals surface area contributed by atoms with Crippen LogP contribution in [-0.4, -0.2) is 10.8 Å². The zero-order valence-electron chi connectivity index (χ0n) is 10.5. The summed E-state index contributed by atoms with van der Waals surface area (Å²) in [6, 6.07) is 12.5. The molecule has 0 atom stereocenters. The van der Waals surface area contributed by atoms with Crippen LogP contribution in [0.2, 0.25) is 4.47 Å². The predicted octanol–water partition coefficient (Wildman–Crippen LogP) is 5.12. The van der Waals surface area contributed by atoms with Gasteiger partial charge in [-0.05, 0) is 10.8 Å². The molecule has 0 bridgehead atoms. The number of hydrogen-bond donors (Lipinski definition) is 0. The Bertz CT molecular complexity index is 826. The zero-order valence-corrected chi connectivity index (χ0v) is 12.1. The Balaban J connectivity index is 2.18. The van der Waals surface area contributed by atoms with Gasteiger partial charge in [-0.2, -0.15) is 0 Å². The van der Waals surface area contributed by atoms with Crippen molar-refractivity contribution in [1.29, 1.82) is 0 Å². The van der Waals surface area contributed by atoms with E-state index < -0.39 is 17.9 Å². The molecule has 3 rings (SSSR count). The van der Waals surface area contributed by atoms with E-state index in [-0.39, 0.29) is 9.34 Å². The third-order valence-corrected chi connectivity index (χ3v) is 4.25. The van der Waals surface area contributed by atoms with Gasteiger partial charge in [-0.25, -0.2) is 13.8 Å². The summed E-state index contributed by atoms with van der Waals surface area (Å²) >= 11 is 6.46. The van der Waals surface area contributed by atoms with E-state index in [1.165, 1.54) is 0 Å².